The molecule has 0 fully saturated rings. The van der Waals surface area contributed by atoms with E-state index in [-0.39, 0.29) is 12.5 Å². The van der Waals surface area contributed by atoms with Crippen molar-refractivity contribution >= 4 is 27.9 Å². The van der Waals surface area contributed by atoms with Crippen LogP contribution in [0.3, 0.4) is 0 Å². The van der Waals surface area contributed by atoms with Crippen LogP contribution in [0.15, 0.2) is 28.7 Å². The van der Waals surface area contributed by atoms with Crippen molar-refractivity contribution in [3.05, 3.63) is 28.7 Å². The molecular weight excluding hydrogens is 340 g/mol. The van der Waals surface area contributed by atoms with Gasteiger partial charge in [0.2, 0.25) is 0 Å². The predicted octanol–water partition coefficient (Wildman–Crippen LogP) is 2.24. The van der Waals surface area contributed by atoms with Crippen LogP contribution in [0.1, 0.15) is 13.8 Å². The van der Waals surface area contributed by atoms with E-state index in [1.54, 1.807) is 13.8 Å². The molecule has 0 saturated carbocycles. The van der Waals surface area contributed by atoms with Crippen molar-refractivity contribution in [1.29, 1.82) is 0 Å². The number of benzene rings is 1. The van der Waals surface area contributed by atoms with Crippen molar-refractivity contribution in [3.8, 4) is 5.75 Å². The molecule has 0 spiro atoms. The van der Waals surface area contributed by atoms with Crippen LogP contribution in [0.25, 0.3) is 0 Å². The maximum Gasteiger partial charge on any atom is 0.326 e. The lowest BCUT2D eigenvalue weighted by atomic mass is 10.1. The number of urea groups is 1. The largest absolute Gasteiger partial charge is 0.492 e. The third-order valence-corrected chi connectivity index (χ3v) is 3.22. The first-order chi connectivity index (χ1) is 9.90. The van der Waals surface area contributed by atoms with Gasteiger partial charge in [-0.15, -0.1) is 0 Å². The molecule has 1 aromatic carbocycles. The highest BCUT2D eigenvalue weighted by atomic mass is 79.9. The molecule has 1 rings (SSSR count). The van der Waals surface area contributed by atoms with E-state index in [4.69, 9.17) is 9.84 Å². The Morgan fingerprint density at radius 1 is 1.29 bits per heavy atom. The molecule has 0 saturated heterocycles. The molecule has 1 unspecified atom stereocenters. The van der Waals surface area contributed by atoms with Crippen molar-refractivity contribution in [2.24, 2.45) is 5.92 Å². The van der Waals surface area contributed by atoms with Crippen LogP contribution in [0, 0.1) is 5.92 Å². The number of hydrogen-bond acceptors (Lipinski definition) is 3. The summed E-state index contributed by atoms with van der Waals surface area (Å²) in [4.78, 5) is 22.5. The standard InChI is InChI=1S/C14H19BrN2O4/c1-9(2)12(13(18)19)17-14(20)16-7-8-21-11-5-3-10(15)4-6-11/h3-6,9,12H,7-8H2,1-2H3,(H,18,19)(H2,16,17,20). The molecule has 0 aliphatic rings. The van der Waals surface area contributed by atoms with Gasteiger partial charge < -0.3 is 20.5 Å². The third kappa shape index (κ3) is 6.48. The second-order valence-corrected chi connectivity index (χ2v) is 5.68. The highest BCUT2D eigenvalue weighted by Crippen LogP contribution is 2.15. The highest BCUT2D eigenvalue weighted by molar-refractivity contribution is 9.10. The van der Waals surface area contributed by atoms with Gasteiger partial charge in [0.15, 0.2) is 0 Å². The highest BCUT2D eigenvalue weighted by Gasteiger charge is 2.22. The minimum absolute atomic E-state index is 0.188. The van der Waals surface area contributed by atoms with E-state index in [1.165, 1.54) is 0 Å². The summed E-state index contributed by atoms with van der Waals surface area (Å²) in [6.45, 7) is 4.05. The fourth-order valence-corrected chi connectivity index (χ4v) is 1.83. The van der Waals surface area contributed by atoms with Crippen molar-refractivity contribution in [2.45, 2.75) is 19.9 Å². The zero-order valence-electron chi connectivity index (χ0n) is 11.9. The number of carboxylic acids is 1. The van der Waals surface area contributed by atoms with Gasteiger partial charge in [0.1, 0.15) is 18.4 Å². The molecule has 0 aromatic heterocycles. The summed E-state index contributed by atoms with van der Waals surface area (Å²) in [5, 5.41) is 13.9. The second-order valence-electron chi connectivity index (χ2n) is 4.76. The molecular formula is C14H19BrN2O4. The fourth-order valence-electron chi connectivity index (χ4n) is 1.57. The Balaban J connectivity index is 2.27. The van der Waals surface area contributed by atoms with Crippen molar-refractivity contribution in [3.63, 3.8) is 0 Å². The molecule has 7 heteroatoms. The summed E-state index contributed by atoms with van der Waals surface area (Å²) < 4.78 is 6.39. The van der Waals surface area contributed by atoms with Crippen LogP contribution >= 0.6 is 15.9 Å². The maximum absolute atomic E-state index is 11.6. The SMILES string of the molecule is CC(C)C(NC(=O)NCCOc1ccc(Br)cc1)C(=O)O. The molecule has 1 atom stereocenters. The normalized spacial score (nSPS) is 11.8. The number of aliphatic carboxylic acids is 1. The lowest BCUT2D eigenvalue weighted by molar-refractivity contribution is -0.140. The van der Waals surface area contributed by atoms with E-state index < -0.39 is 18.0 Å². The maximum atomic E-state index is 11.6. The number of nitrogens with one attached hydrogen (secondary N) is 2. The summed E-state index contributed by atoms with van der Waals surface area (Å²) in [5.41, 5.74) is 0. The van der Waals surface area contributed by atoms with Crippen molar-refractivity contribution < 1.29 is 19.4 Å². The Bertz CT molecular complexity index is 476. The van der Waals surface area contributed by atoms with Gasteiger partial charge in [0.25, 0.3) is 0 Å². The first-order valence-corrected chi connectivity index (χ1v) is 7.35. The molecule has 0 radical (unpaired) electrons. The van der Waals surface area contributed by atoms with E-state index in [0.29, 0.717) is 12.4 Å². The Kier molecular flexibility index (Phi) is 7.01. The Morgan fingerprint density at radius 3 is 2.43 bits per heavy atom. The molecule has 0 bridgehead atoms. The Labute approximate surface area is 132 Å². The van der Waals surface area contributed by atoms with Crippen LogP contribution in [0.2, 0.25) is 0 Å². The van der Waals surface area contributed by atoms with Gasteiger partial charge in [-0.1, -0.05) is 29.8 Å². The number of amides is 2. The number of carbonyl (C=O) groups is 2. The van der Waals surface area contributed by atoms with Crippen LogP contribution in [-0.2, 0) is 4.79 Å². The number of hydrogen-bond donors (Lipinski definition) is 3. The molecule has 0 aliphatic carbocycles. The predicted molar refractivity (Wildman–Crippen MR) is 82.4 cm³/mol. The van der Waals surface area contributed by atoms with Gasteiger partial charge in [-0.25, -0.2) is 9.59 Å². The average Bonchev–Trinajstić information content (AvgIpc) is 2.42. The smallest absolute Gasteiger partial charge is 0.326 e. The Morgan fingerprint density at radius 2 is 1.90 bits per heavy atom. The molecule has 2 amide bonds. The zero-order chi connectivity index (χ0) is 15.8. The number of ether oxygens (including phenoxy) is 1. The molecule has 0 heterocycles. The fraction of sp³-hybridized carbons (Fsp3) is 0.429. The van der Waals surface area contributed by atoms with E-state index in [2.05, 4.69) is 26.6 Å². The van der Waals surface area contributed by atoms with Gasteiger partial charge in [-0.3, -0.25) is 0 Å². The Hall–Kier alpha value is -1.76. The molecule has 6 nitrogen and oxygen atoms in total. The first-order valence-electron chi connectivity index (χ1n) is 6.55. The summed E-state index contributed by atoms with van der Waals surface area (Å²) in [5.74, 6) is -0.537. The van der Waals surface area contributed by atoms with Crippen molar-refractivity contribution in [2.75, 3.05) is 13.2 Å². The second kappa shape index (κ2) is 8.51. The summed E-state index contributed by atoms with van der Waals surface area (Å²) in [6.07, 6.45) is 0. The first kappa shape index (κ1) is 17.3. The van der Waals surface area contributed by atoms with Crippen LogP contribution in [0.4, 0.5) is 4.79 Å². The molecule has 21 heavy (non-hydrogen) atoms. The van der Waals surface area contributed by atoms with Gasteiger partial charge in [-0.2, -0.15) is 0 Å². The topological polar surface area (TPSA) is 87.7 Å². The van der Waals surface area contributed by atoms with Crippen molar-refractivity contribution in [1.82, 2.24) is 10.6 Å². The number of carbonyl (C=O) groups excluding carboxylic acids is 1. The summed E-state index contributed by atoms with van der Waals surface area (Å²) >= 11 is 3.32. The number of carboxylic acid groups (broad SMARTS) is 1. The lowest BCUT2D eigenvalue weighted by Crippen LogP contribution is -2.49. The molecule has 0 aliphatic heterocycles. The van der Waals surface area contributed by atoms with Gasteiger partial charge in [0, 0.05) is 4.47 Å². The van der Waals surface area contributed by atoms with Crippen LogP contribution in [-0.4, -0.2) is 36.3 Å². The lowest BCUT2D eigenvalue weighted by Gasteiger charge is -2.18. The zero-order valence-corrected chi connectivity index (χ0v) is 13.5. The summed E-state index contributed by atoms with van der Waals surface area (Å²) in [7, 11) is 0. The van der Waals surface area contributed by atoms with Crippen LogP contribution in [0.5, 0.6) is 5.75 Å². The molecule has 3 N–H and O–H groups in total. The van der Waals surface area contributed by atoms with E-state index in [1.807, 2.05) is 24.3 Å². The molecule has 1 aromatic rings. The average molecular weight is 359 g/mol. The quantitative estimate of drug-likeness (QED) is 0.652. The van der Waals surface area contributed by atoms with Gasteiger partial charge in [0.05, 0.1) is 6.54 Å². The number of rotatable bonds is 7. The minimum Gasteiger partial charge on any atom is -0.492 e. The monoisotopic (exact) mass is 358 g/mol. The van der Waals surface area contributed by atoms with E-state index >= 15 is 0 Å². The number of halogens is 1. The van der Waals surface area contributed by atoms with Crippen LogP contribution < -0.4 is 15.4 Å². The minimum atomic E-state index is -1.05. The summed E-state index contributed by atoms with van der Waals surface area (Å²) in [6, 6.07) is 5.91. The van der Waals surface area contributed by atoms with E-state index in [0.717, 1.165) is 4.47 Å². The van der Waals surface area contributed by atoms with E-state index in [9.17, 15) is 9.59 Å². The third-order valence-electron chi connectivity index (χ3n) is 2.69. The van der Waals surface area contributed by atoms with Gasteiger partial charge in [-0.05, 0) is 30.2 Å². The van der Waals surface area contributed by atoms with Gasteiger partial charge >= 0.3 is 12.0 Å². The molecule has 116 valence electrons.